The molecule has 2 aliphatic rings. The van der Waals surface area contributed by atoms with Gasteiger partial charge in [0.15, 0.2) is 11.5 Å². The summed E-state index contributed by atoms with van der Waals surface area (Å²) in [6.45, 7) is 2.84. The van der Waals surface area contributed by atoms with Crippen molar-refractivity contribution in [2.24, 2.45) is 5.92 Å². The molecule has 0 heterocycles. The first-order valence-electron chi connectivity index (χ1n) is 9.20. The van der Waals surface area contributed by atoms with Crippen LogP contribution in [-0.4, -0.2) is 26.3 Å². The van der Waals surface area contributed by atoms with Crippen LogP contribution in [0.25, 0.3) is 0 Å². The minimum absolute atomic E-state index is 0.276. The third kappa shape index (κ3) is 3.85. The molecule has 26 heavy (non-hydrogen) atoms. The van der Waals surface area contributed by atoms with Crippen molar-refractivity contribution < 1.29 is 19.0 Å². The lowest BCUT2D eigenvalue weighted by Crippen LogP contribution is -2.28. The topological polar surface area (TPSA) is 68.6 Å². The largest absolute Gasteiger partial charge is 0.493 e. The maximum absolute atomic E-state index is 11.9. The summed E-state index contributed by atoms with van der Waals surface area (Å²) in [5, 5.41) is 9.90. The summed E-state index contributed by atoms with van der Waals surface area (Å²) in [6, 6.07) is 8.19. The highest BCUT2D eigenvalue weighted by molar-refractivity contribution is 5.88. The van der Waals surface area contributed by atoms with Crippen LogP contribution in [0.2, 0.25) is 0 Å². The van der Waals surface area contributed by atoms with Crippen LogP contribution in [0.4, 0.5) is 0 Å². The Morgan fingerprint density at radius 3 is 2.73 bits per heavy atom. The number of benzene rings is 1. The molecule has 138 valence electrons. The number of rotatable bonds is 7. The normalized spacial score (nSPS) is 22.1. The van der Waals surface area contributed by atoms with Crippen LogP contribution in [0, 0.1) is 17.2 Å². The summed E-state index contributed by atoms with van der Waals surface area (Å²) in [5.74, 6) is 1.73. The van der Waals surface area contributed by atoms with Gasteiger partial charge in [0.25, 0.3) is 0 Å². The van der Waals surface area contributed by atoms with Crippen LogP contribution in [0.1, 0.15) is 44.6 Å². The highest BCUT2D eigenvalue weighted by Crippen LogP contribution is 2.42. The lowest BCUT2D eigenvalue weighted by molar-refractivity contribution is -0.138. The summed E-state index contributed by atoms with van der Waals surface area (Å²) in [4.78, 5) is 11.9. The molecular weight excluding hydrogens is 330 g/mol. The van der Waals surface area contributed by atoms with Crippen molar-refractivity contribution in [3.63, 3.8) is 0 Å². The SMILES string of the molecule is CCOC(=O)C1=CCC(C#N)(c2ccc(OC)c(OCC3CC3)c2)CC1. The zero-order valence-corrected chi connectivity index (χ0v) is 15.4. The molecule has 0 aliphatic heterocycles. The van der Waals surface area contributed by atoms with E-state index in [2.05, 4.69) is 6.07 Å². The van der Waals surface area contributed by atoms with Gasteiger partial charge in [0.2, 0.25) is 0 Å². The molecule has 0 saturated heterocycles. The number of nitrogens with zero attached hydrogens (tertiary/aromatic N) is 1. The molecular formula is C21H25NO4. The quantitative estimate of drug-likeness (QED) is 0.694. The monoisotopic (exact) mass is 355 g/mol. The van der Waals surface area contributed by atoms with Gasteiger partial charge in [-0.25, -0.2) is 4.79 Å². The summed E-state index contributed by atoms with van der Waals surface area (Å²) < 4.78 is 16.4. The summed E-state index contributed by atoms with van der Waals surface area (Å²) in [6.07, 6.45) is 5.89. The molecule has 0 radical (unpaired) electrons. The van der Waals surface area contributed by atoms with E-state index in [9.17, 15) is 10.1 Å². The zero-order chi connectivity index (χ0) is 18.6. The molecule has 0 spiro atoms. The second-order valence-corrected chi connectivity index (χ2v) is 6.97. The van der Waals surface area contributed by atoms with Gasteiger partial charge in [-0.15, -0.1) is 0 Å². The highest BCUT2D eigenvalue weighted by atomic mass is 16.5. The number of esters is 1. The van der Waals surface area contributed by atoms with Gasteiger partial charge in [0.05, 0.1) is 31.8 Å². The fourth-order valence-corrected chi connectivity index (χ4v) is 3.27. The lowest BCUT2D eigenvalue weighted by atomic mass is 9.71. The fraction of sp³-hybridized carbons (Fsp3) is 0.524. The van der Waals surface area contributed by atoms with Gasteiger partial charge in [-0.2, -0.15) is 5.26 Å². The number of hydrogen-bond donors (Lipinski definition) is 0. The Balaban J connectivity index is 1.82. The molecule has 5 heteroatoms. The van der Waals surface area contributed by atoms with Crippen LogP contribution in [-0.2, 0) is 14.9 Å². The highest BCUT2D eigenvalue weighted by Gasteiger charge is 2.36. The first-order chi connectivity index (χ1) is 12.6. The number of ether oxygens (including phenoxy) is 3. The Morgan fingerprint density at radius 1 is 1.35 bits per heavy atom. The number of carbonyl (C=O) groups is 1. The second-order valence-electron chi connectivity index (χ2n) is 6.97. The maximum Gasteiger partial charge on any atom is 0.333 e. The Hall–Kier alpha value is -2.48. The van der Waals surface area contributed by atoms with Crippen molar-refractivity contribution >= 4 is 5.97 Å². The molecule has 5 nitrogen and oxygen atoms in total. The zero-order valence-electron chi connectivity index (χ0n) is 15.4. The van der Waals surface area contributed by atoms with E-state index in [1.165, 1.54) is 12.8 Å². The standard InChI is InChI=1S/C21H25NO4/c1-3-25-20(23)16-8-10-21(14-22,11-9-16)17-6-7-18(24-2)19(12-17)26-13-15-4-5-15/h6-8,12,15H,3-5,9-11,13H2,1-2H3. The predicted molar refractivity (Wildman–Crippen MR) is 97.1 cm³/mol. The third-order valence-corrected chi connectivity index (χ3v) is 5.16. The van der Waals surface area contributed by atoms with E-state index in [1.54, 1.807) is 14.0 Å². The predicted octanol–water partition coefficient (Wildman–Crippen LogP) is 3.92. The second kappa shape index (κ2) is 7.82. The average Bonchev–Trinajstić information content (AvgIpc) is 3.51. The fourth-order valence-electron chi connectivity index (χ4n) is 3.27. The number of methoxy groups -OCH3 is 1. The van der Waals surface area contributed by atoms with Crippen molar-refractivity contribution in [2.45, 2.75) is 44.4 Å². The number of allylic oxidation sites excluding steroid dienone is 1. The van der Waals surface area contributed by atoms with Crippen molar-refractivity contribution in [3.05, 3.63) is 35.4 Å². The van der Waals surface area contributed by atoms with Crippen molar-refractivity contribution in [3.8, 4) is 17.6 Å². The molecule has 3 rings (SSSR count). The van der Waals surface area contributed by atoms with Gasteiger partial charge < -0.3 is 14.2 Å². The van der Waals surface area contributed by atoms with Crippen LogP contribution in [0.5, 0.6) is 11.5 Å². The van der Waals surface area contributed by atoms with E-state index in [0.29, 0.717) is 55.5 Å². The molecule has 1 unspecified atom stereocenters. The molecule has 0 bridgehead atoms. The van der Waals surface area contributed by atoms with Gasteiger partial charge in [0, 0.05) is 5.57 Å². The molecule has 0 aromatic heterocycles. The maximum atomic E-state index is 11.9. The Kier molecular flexibility index (Phi) is 5.51. The van der Waals surface area contributed by atoms with Crippen LogP contribution in [0.15, 0.2) is 29.8 Å². The minimum Gasteiger partial charge on any atom is -0.493 e. The minimum atomic E-state index is -0.653. The van der Waals surface area contributed by atoms with Crippen LogP contribution >= 0.6 is 0 Å². The van der Waals surface area contributed by atoms with Crippen LogP contribution < -0.4 is 9.47 Å². The van der Waals surface area contributed by atoms with Gasteiger partial charge in [0.1, 0.15) is 0 Å². The van der Waals surface area contributed by atoms with E-state index >= 15 is 0 Å². The lowest BCUT2D eigenvalue weighted by Gasteiger charge is -2.30. The first kappa shape index (κ1) is 18.3. The van der Waals surface area contributed by atoms with Crippen molar-refractivity contribution in [1.29, 1.82) is 5.26 Å². The van der Waals surface area contributed by atoms with Gasteiger partial charge >= 0.3 is 5.97 Å². The molecule has 1 atom stereocenters. The Bertz CT molecular complexity index is 745. The first-order valence-corrected chi connectivity index (χ1v) is 9.20. The van der Waals surface area contributed by atoms with Crippen LogP contribution in [0.3, 0.4) is 0 Å². The van der Waals surface area contributed by atoms with E-state index < -0.39 is 5.41 Å². The molecule has 1 fully saturated rings. The molecule has 1 aromatic rings. The summed E-state index contributed by atoms with van der Waals surface area (Å²) in [5.41, 5.74) is 0.919. The molecule has 2 aliphatic carbocycles. The molecule has 0 N–H and O–H groups in total. The Labute approximate surface area is 154 Å². The Morgan fingerprint density at radius 2 is 2.15 bits per heavy atom. The van der Waals surface area contributed by atoms with E-state index in [-0.39, 0.29) is 5.97 Å². The van der Waals surface area contributed by atoms with Crippen molar-refractivity contribution in [2.75, 3.05) is 20.3 Å². The molecule has 1 saturated carbocycles. The third-order valence-electron chi connectivity index (χ3n) is 5.16. The van der Waals surface area contributed by atoms with Crippen molar-refractivity contribution in [1.82, 2.24) is 0 Å². The number of carbonyl (C=O) groups excluding carboxylic acids is 1. The van der Waals surface area contributed by atoms with Gasteiger partial charge in [-0.1, -0.05) is 12.1 Å². The van der Waals surface area contributed by atoms with E-state index in [4.69, 9.17) is 14.2 Å². The summed E-state index contributed by atoms with van der Waals surface area (Å²) in [7, 11) is 1.62. The number of hydrogen-bond acceptors (Lipinski definition) is 5. The molecule has 0 amide bonds. The molecule has 1 aromatic carbocycles. The summed E-state index contributed by atoms with van der Waals surface area (Å²) >= 11 is 0. The number of nitriles is 1. The average molecular weight is 355 g/mol. The van der Waals surface area contributed by atoms with Gasteiger partial charge in [-0.3, -0.25) is 0 Å². The van der Waals surface area contributed by atoms with Gasteiger partial charge in [-0.05, 0) is 62.6 Å². The van der Waals surface area contributed by atoms with E-state index in [1.807, 2.05) is 24.3 Å². The van der Waals surface area contributed by atoms with E-state index in [0.717, 1.165) is 5.56 Å². The smallest absolute Gasteiger partial charge is 0.333 e.